The molecule has 0 fully saturated rings. The third kappa shape index (κ3) is 5.07. The number of amides is 1. The molecule has 0 bridgehead atoms. The number of nitrogens with two attached hydrogens (primary N) is 1. The summed E-state index contributed by atoms with van der Waals surface area (Å²) < 4.78 is 0. The maximum Gasteiger partial charge on any atom is 0.295 e. The van der Waals surface area contributed by atoms with Crippen LogP contribution in [0.5, 0.6) is 0 Å². The number of hydrogen-bond acceptors (Lipinski definition) is 6. The summed E-state index contributed by atoms with van der Waals surface area (Å²) in [4.78, 5) is 25.0. The Morgan fingerprint density at radius 3 is 2.70 bits per heavy atom. The first-order valence-corrected chi connectivity index (χ1v) is 8.36. The van der Waals surface area contributed by atoms with E-state index < -0.39 is 10.8 Å². The van der Waals surface area contributed by atoms with Crippen molar-refractivity contribution in [3.63, 3.8) is 0 Å². The summed E-state index contributed by atoms with van der Waals surface area (Å²) in [7, 11) is 0. The lowest BCUT2D eigenvalue weighted by Gasteiger charge is -2.25. The SMILES string of the molecule is CCCN(CCBr)c1c(C(=O)NCCO)cc(N)cc1[N+](=O)[O-]. The molecule has 1 aromatic rings. The lowest BCUT2D eigenvalue weighted by molar-refractivity contribution is -0.384. The van der Waals surface area contributed by atoms with Gasteiger partial charge in [-0.25, -0.2) is 0 Å². The van der Waals surface area contributed by atoms with Gasteiger partial charge in [-0.1, -0.05) is 22.9 Å². The van der Waals surface area contributed by atoms with Crippen LogP contribution in [0.4, 0.5) is 17.1 Å². The Morgan fingerprint density at radius 1 is 1.48 bits per heavy atom. The highest BCUT2D eigenvalue weighted by molar-refractivity contribution is 9.09. The van der Waals surface area contributed by atoms with Gasteiger partial charge in [0.15, 0.2) is 0 Å². The Balaban J connectivity index is 3.46. The maximum atomic E-state index is 12.3. The normalized spacial score (nSPS) is 10.4. The van der Waals surface area contributed by atoms with Crippen LogP contribution in [0.2, 0.25) is 0 Å². The topological polar surface area (TPSA) is 122 Å². The van der Waals surface area contributed by atoms with Gasteiger partial charge in [-0.05, 0) is 12.5 Å². The molecule has 0 aliphatic heterocycles. The van der Waals surface area contributed by atoms with Gasteiger partial charge in [0, 0.05) is 36.7 Å². The van der Waals surface area contributed by atoms with E-state index in [4.69, 9.17) is 10.8 Å². The number of rotatable bonds is 9. The van der Waals surface area contributed by atoms with E-state index in [9.17, 15) is 14.9 Å². The van der Waals surface area contributed by atoms with E-state index in [1.54, 1.807) is 4.90 Å². The highest BCUT2D eigenvalue weighted by Gasteiger charge is 2.27. The fraction of sp³-hybridized carbons (Fsp3) is 0.500. The number of nitrogen functional groups attached to an aromatic ring is 1. The molecule has 0 spiro atoms. The number of aliphatic hydroxyl groups is 1. The van der Waals surface area contributed by atoms with Crippen LogP contribution in [0.25, 0.3) is 0 Å². The average Bonchev–Trinajstić information content (AvgIpc) is 2.51. The number of aliphatic hydroxyl groups excluding tert-OH is 1. The van der Waals surface area contributed by atoms with Gasteiger partial charge in [0.2, 0.25) is 0 Å². The van der Waals surface area contributed by atoms with Crippen LogP contribution < -0.4 is 16.0 Å². The number of carbonyl (C=O) groups is 1. The summed E-state index contributed by atoms with van der Waals surface area (Å²) in [5.74, 6) is -0.500. The summed E-state index contributed by atoms with van der Waals surface area (Å²) in [6.07, 6.45) is 0.770. The van der Waals surface area contributed by atoms with Crippen LogP contribution in [0.3, 0.4) is 0 Å². The third-order valence-electron chi connectivity index (χ3n) is 3.11. The van der Waals surface area contributed by atoms with Crippen LogP contribution in [-0.2, 0) is 0 Å². The van der Waals surface area contributed by atoms with Crippen molar-refractivity contribution in [2.45, 2.75) is 13.3 Å². The van der Waals surface area contributed by atoms with E-state index in [2.05, 4.69) is 21.2 Å². The molecular weight excluding hydrogens is 368 g/mol. The number of carbonyl (C=O) groups excluding carboxylic acids is 1. The second kappa shape index (κ2) is 9.31. The fourth-order valence-electron chi connectivity index (χ4n) is 2.26. The Labute approximate surface area is 142 Å². The summed E-state index contributed by atoms with van der Waals surface area (Å²) in [6.45, 7) is 2.88. The van der Waals surface area contributed by atoms with Crippen molar-refractivity contribution in [3.8, 4) is 0 Å². The van der Waals surface area contributed by atoms with Gasteiger partial charge < -0.3 is 21.1 Å². The van der Waals surface area contributed by atoms with Gasteiger partial charge in [0.25, 0.3) is 11.6 Å². The quantitative estimate of drug-likeness (QED) is 0.255. The van der Waals surface area contributed by atoms with Crippen molar-refractivity contribution in [3.05, 3.63) is 27.8 Å². The number of nitro groups is 1. The highest BCUT2D eigenvalue weighted by Crippen LogP contribution is 2.35. The number of nitrogens with one attached hydrogen (secondary N) is 1. The van der Waals surface area contributed by atoms with Gasteiger partial charge in [0.1, 0.15) is 5.69 Å². The van der Waals surface area contributed by atoms with Gasteiger partial charge in [0.05, 0.1) is 17.1 Å². The molecule has 9 heteroatoms. The molecule has 1 amide bonds. The lowest BCUT2D eigenvalue weighted by atomic mass is 10.1. The predicted octanol–water partition coefficient (Wildman–Crippen LogP) is 1.51. The largest absolute Gasteiger partial charge is 0.399 e. The van der Waals surface area contributed by atoms with E-state index in [-0.39, 0.29) is 35.8 Å². The first-order valence-electron chi connectivity index (χ1n) is 7.24. The number of anilines is 2. The Morgan fingerprint density at radius 2 is 2.17 bits per heavy atom. The zero-order valence-electron chi connectivity index (χ0n) is 12.9. The molecule has 0 radical (unpaired) electrons. The van der Waals surface area contributed by atoms with Crippen LogP contribution in [-0.4, -0.2) is 47.5 Å². The molecule has 1 rings (SSSR count). The van der Waals surface area contributed by atoms with Crippen LogP contribution in [0.15, 0.2) is 12.1 Å². The molecule has 0 heterocycles. The van der Waals surface area contributed by atoms with E-state index >= 15 is 0 Å². The van der Waals surface area contributed by atoms with E-state index in [0.29, 0.717) is 18.4 Å². The van der Waals surface area contributed by atoms with Crippen molar-refractivity contribution in [1.29, 1.82) is 0 Å². The standard InChI is InChI=1S/C14H21BrN4O4/c1-2-5-18(6-3-15)13-11(14(21)17-4-7-20)8-10(16)9-12(13)19(22)23/h8-9,20H,2-7,16H2,1H3,(H,17,21). The second-order valence-corrected chi connectivity index (χ2v) is 5.64. The van der Waals surface area contributed by atoms with Crippen molar-refractivity contribution < 1.29 is 14.8 Å². The van der Waals surface area contributed by atoms with Gasteiger partial charge in [-0.2, -0.15) is 0 Å². The summed E-state index contributed by atoms with van der Waals surface area (Å²) in [6, 6.07) is 2.68. The number of benzene rings is 1. The molecule has 0 atom stereocenters. The Hall–Kier alpha value is -1.87. The molecule has 0 saturated carbocycles. The van der Waals surface area contributed by atoms with Crippen LogP contribution >= 0.6 is 15.9 Å². The van der Waals surface area contributed by atoms with E-state index in [1.165, 1.54) is 12.1 Å². The third-order valence-corrected chi connectivity index (χ3v) is 3.47. The lowest BCUT2D eigenvalue weighted by Crippen LogP contribution is -2.32. The first kappa shape index (κ1) is 19.2. The summed E-state index contributed by atoms with van der Waals surface area (Å²) in [5, 5.41) is 23.4. The minimum atomic E-state index is -0.536. The molecule has 0 aliphatic carbocycles. The van der Waals surface area contributed by atoms with Crippen molar-refractivity contribution in [2.75, 3.05) is 42.2 Å². The smallest absolute Gasteiger partial charge is 0.295 e. The Kier molecular flexibility index (Phi) is 7.76. The maximum absolute atomic E-state index is 12.3. The number of hydrogen-bond donors (Lipinski definition) is 3. The molecule has 0 aromatic heterocycles. The highest BCUT2D eigenvalue weighted by atomic mass is 79.9. The summed E-state index contributed by atoms with van der Waals surface area (Å²) >= 11 is 3.33. The first-order chi connectivity index (χ1) is 11.0. The van der Waals surface area contributed by atoms with Crippen LogP contribution in [0.1, 0.15) is 23.7 Å². The van der Waals surface area contributed by atoms with Crippen molar-refractivity contribution in [2.24, 2.45) is 0 Å². The van der Waals surface area contributed by atoms with Crippen molar-refractivity contribution >= 4 is 38.9 Å². The predicted molar refractivity (Wildman–Crippen MR) is 93.2 cm³/mol. The monoisotopic (exact) mass is 388 g/mol. The molecule has 4 N–H and O–H groups in total. The second-order valence-electron chi connectivity index (χ2n) is 4.85. The number of alkyl halides is 1. The molecule has 23 heavy (non-hydrogen) atoms. The molecule has 1 aromatic carbocycles. The van der Waals surface area contributed by atoms with E-state index in [1.807, 2.05) is 6.92 Å². The minimum Gasteiger partial charge on any atom is -0.399 e. The molecule has 128 valence electrons. The van der Waals surface area contributed by atoms with Gasteiger partial charge in [-0.3, -0.25) is 14.9 Å². The number of nitro benzene ring substituents is 1. The summed E-state index contributed by atoms with van der Waals surface area (Å²) in [5.41, 5.74) is 6.05. The zero-order valence-corrected chi connectivity index (χ0v) is 14.5. The Bertz CT molecular complexity index is 562. The van der Waals surface area contributed by atoms with E-state index in [0.717, 1.165) is 6.42 Å². The van der Waals surface area contributed by atoms with Crippen LogP contribution in [0, 0.1) is 10.1 Å². The molecule has 0 saturated heterocycles. The average molecular weight is 389 g/mol. The number of halogens is 1. The fourth-order valence-corrected chi connectivity index (χ4v) is 2.69. The van der Waals surface area contributed by atoms with Crippen molar-refractivity contribution in [1.82, 2.24) is 5.32 Å². The number of nitrogens with zero attached hydrogens (tertiary/aromatic N) is 2. The molecule has 0 unspecified atom stereocenters. The molecular formula is C14H21BrN4O4. The van der Waals surface area contributed by atoms with Gasteiger partial charge in [-0.15, -0.1) is 0 Å². The minimum absolute atomic E-state index is 0.0626. The molecule has 0 aliphatic rings. The van der Waals surface area contributed by atoms with Gasteiger partial charge >= 0.3 is 0 Å². The molecule has 8 nitrogen and oxygen atoms in total. The zero-order chi connectivity index (χ0) is 17.4.